The summed E-state index contributed by atoms with van der Waals surface area (Å²) in [6, 6.07) is 14.2. The van der Waals surface area contributed by atoms with E-state index in [2.05, 4.69) is 0 Å². The van der Waals surface area contributed by atoms with E-state index in [4.69, 9.17) is 11.6 Å². The van der Waals surface area contributed by atoms with Gasteiger partial charge in [-0.3, -0.25) is 19.3 Å². The predicted molar refractivity (Wildman–Crippen MR) is 89.7 cm³/mol. The van der Waals surface area contributed by atoms with Crippen molar-refractivity contribution >= 4 is 29.3 Å². The number of nitrogens with zero attached hydrogens (tertiary/aromatic N) is 2. The van der Waals surface area contributed by atoms with Gasteiger partial charge in [-0.1, -0.05) is 48.0 Å². The first-order valence-corrected chi connectivity index (χ1v) is 7.79. The van der Waals surface area contributed by atoms with E-state index in [1.54, 1.807) is 25.2 Å². The van der Waals surface area contributed by atoms with E-state index in [1.165, 1.54) is 4.90 Å². The molecule has 1 aliphatic rings. The fourth-order valence-corrected chi connectivity index (χ4v) is 2.89. The topological polar surface area (TPSA) is 57.7 Å². The summed E-state index contributed by atoms with van der Waals surface area (Å²) in [5, 5.41) is 0.221. The summed E-state index contributed by atoms with van der Waals surface area (Å²) in [5.41, 5.74) is 1.38. The van der Waals surface area contributed by atoms with Crippen LogP contribution in [0.2, 0.25) is 5.02 Å². The average Bonchev–Trinajstić information content (AvgIpc) is 2.81. The van der Waals surface area contributed by atoms with Crippen molar-refractivity contribution in [3.05, 3.63) is 70.2 Å². The van der Waals surface area contributed by atoms with E-state index in [0.717, 1.165) is 10.5 Å². The van der Waals surface area contributed by atoms with Crippen LogP contribution in [-0.2, 0) is 11.3 Å². The highest BCUT2D eigenvalue weighted by molar-refractivity contribution is 6.37. The number of halogens is 1. The van der Waals surface area contributed by atoms with Crippen molar-refractivity contribution in [2.75, 3.05) is 13.6 Å². The molecule has 1 heterocycles. The number of imide groups is 1. The number of fused-ring (bicyclic) bond motifs is 1. The Morgan fingerprint density at radius 3 is 2.42 bits per heavy atom. The molecule has 0 atom stereocenters. The zero-order chi connectivity index (χ0) is 17.3. The predicted octanol–water partition coefficient (Wildman–Crippen LogP) is 2.59. The second-order valence-electron chi connectivity index (χ2n) is 5.59. The van der Waals surface area contributed by atoms with Gasteiger partial charge in [0.1, 0.15) is 6.54 Å². The van der Waals surface area contributed by atoms with Gasteiger partial charge in [-0.05, 0) is 17.7 Å². The van der Waals surface area contributed by atoms with Crippen LogP contribution in [0.15, 0.2) is 48.5 Å². The van der Waals surface area contributed by atoms with Gasteiger partial charge in [0, 0.05) is 13.6 Å². The van der Waals surface area contributed by atoms with Crippen molar-refractivity contribution in [3.63, 3.8) is 0 Å². The minimum Gasteiger partial charge on any atom is -0.340 e. The van der Waals surface area contributed by atoms with Gasteiger partial charge in [-0.15, -0.1) is 0 Å². The number of benzene rings is 2. The average molecular weight is 343 g/mol. The Labute approximate surface area is 144 Å². The first kappa shape index (κ1) is 16.2. The molecule has 0 bridgehead atoms. The standard InChI is InChI=1S/C18H15ClN2O3/c1-20(10-12-6-3-2-4-7-12)15(22)11-21-17(23)13-8-5-9-14(19)16(13)18(21)24/h2-9H,10-11H2,1H3. The number of amides is 3. The molecule has 0 aromatic heterocycles. The molecule has 2 aromatic rings. The lowest BCUT2D eigenvalue weighted by atomic mass is 10.1. The third-order valence-corrected chi connectivity index (χ3v) is 4.24. The third-order valence-electron chi connectivity index (χ3n) is 3.93. The van der Waals surface area contributed by atoms with Crippen LogP contribution >= 0.6 is 11.6 Å². The zero-order valence-electron chi connectivity index (χ0n) is 13.0. The van der Waals surface area contributed by atoms with E-state index in [0.29, 0.717) is 6.54 Å². The molecule has 24 heavy (non-hydrogen) atoms. The Kier molecular flexibility index (Phi) is 4.36. The summed E-state index contributed by atoms with van der Waals surface area (Å²) in [7, 11) is 1.64. The fraction of sp³-hybridized carbons (Fsp3) is 0.167. The summed E-state index contributed by atoms with van der Waals surface area (Å²) < 4.78 is 0. The Morgan fingerprint density at radius 2 is 1.75 bits per heavy atom. The maximum absolute atomic E-state index is 12.4. The molecule has 2 aromatic carbocycles. The number of carbonyl (C=O) groups is 3. The highest BCUT2D eigenvalue weighted by Crippen LogP contribution is 2.28. The third kappa shape index (κ3) is 2.90. The molecule has 6 heteroatoms. The van der Waals surface area contributed by atoms with Crippen molar-refractivity contribution in [2.45, 2.75) is 6.54 Å². The highest BCUT2D eigenvalue weighted by atomic mass is 35.5. The lowest BCUT2D eigenvalue weighted by Crippen LogP contribution is -2.40. The molecule has 0 aliphatic carbocycles. The first-order chi connectivity index (χ1) is 11.5. The molecule has 122 valence electrons. The minimum atomic E-state index is -0.526. The number of carbonyl (C=O) groups excluding carboxylic acids is 3. The van der Waals surface area contributed by atoms with Crippen molar-refractivity contribution in [1.29, 1.82) is 0 Å². The van der Waals surface area contributed by atoms with Crippen molar-refractivity contribution in [1.82, 2.24) is 9.80 Å². The Balaban J connectivity index is 1.73. The maximum atomic E-state index is 12.4. The number of likely N-dealkylation sites (N-methyl/N-ethyl adjacent to an activating group) is 1. The molecule has 0 saturated carbocycles. The zero-order valence-corrected chi connectivity index (χ0v) is 13.8. The largest absolute Gasteiger partial charge is 0.340 e. The second kappa shape index (κ2) is 6.45. The maximum Gasteiger partial charge on any atom is 0.263 e. The minimum absolute atomic E-state index is 0.169. The summed E-state index contributed by atoms with van der Waals surface area (Å²) in [6.07, 6.45) is 0. The molecule has 1 aliphatic heterocycles. The SMILES string of the molecule is CN(Cc1ccccc1)C(=O)CN1C(=O)c2cccc(Cl)c2C1=O. The number of hydrogen-bond acceptors (Lipinski definition) is 3. The smallest absolute Gasteiger partial charge is 0.263 e. The van der Waals surface area contributed by atoms with Crippen LogP contribution in [0.4, 0.5) is 0 Å². The summed E-state index contributed by atoms with van der Waals surface area (Å²) in [5.74, 6) is -1.33. The molecule has 3 rings (SSSR count). The van der Waals surface area contributed by atoms with Gasteiger partial charge in [0.15, 0.2) is 0 Å². The second-order valence-corrected chi connectivity index (χ2v) is 6.00. The van der Waals surface area contributed by atoms with E-state index >= 15 is 0 Å². The first-order valence-electron chi connectivity index (χ1n) is 7.41. The summed E-state index contributed by atoms with van der Waals surface area (Å²) in [4.78, 5) is 39.6. The Bertz CT molecular complexity index is 820. The van der Waals surface area contributed by atoms with Crippen LogP contribution in [0.3, 0.4) is 0 Å². The van der Waals surface area contributed by atoms with Gasteiger partial charge in [0.2, 0.25) is 5.91 Å². The quantitative estimate of drug-likeness (QED) is 0.802. The molecule has 0 fully saturated rings. The van der Waals surface area contributed by atoms with Crippen molar-refractivity contribution in [3.8, 4) is 0 Å². The lowest BCUT2D eigenvalue weighted by molar-refractivity contribution is -0.130. The van der Waals surface area contributed by atoms with Gasteiger partial charge in [-0.25, -0.2) is 0 Å². The van der Waals surface area contributed by atoms with Crippen LogP contribution in [-0.4, -0.2) is 41.1 Å². The monoisotopic (exact) mass is 342 g/mol. The van der Waals surface area contributed by atoms with Gasteiger partial charge in [0.25, 0.3) is 11.8 Å². The molecule has 0 unspecified atom stereocenters. The van der Waals surface area contributed by atoms with Crippen LogP contribution in [0.5, 0.6) is 0 Å². The molecular weight excluding hydrogens is 328 g/mol. The number of rotatable bonds is 4. The van der Waals surface area contributed by atoms with Crippen LogP contribution in [0.1, 0.15) is 26.3 Å². The van der Waals surface area contributed by atoms with E-state index < -0.39 is 11.8 Å². The van der Waals surface area contributed by atoms with Crippen molar-refractivity contribution in [2.24, 2.45) is 0 Å². The lowest BCUT2D eigenvalue weighted by Gasteiger charge is -2.20. The molecule has 0 spiro atoms. The van der Waals surface area contributed by atoms with Crippen LogP contribution in [0, 0.1) is 0 Å². The van der Waals surface area contributed by atoms with E-state index in [1.807, 2.05) is 30.3 Å². The molecule has 3 amide bonds. The summed E-state index contributed by atoms with van der Waals surface area (Å²) >= 11 is 6.01. The molecular formula is C18H15ClN2O3. The highest BCUT2D eigenvalue weighted by Gasteiger charge is 2.38. The van der Waals surface area contributed by atoms with E-state index in [-0.39, 0.29) is 28.6 Å². The molecule has 0 saturated heterocycles. The Hall–Kier alpha value is -2.66. The molecule has 5 nitrogen and oxygen atoms in total. The van der Waals surface area contributed by atoms with Gasteiger partial charge in [-0.2, -0.15) is 0 Å². The van der Waals surface area contributed by atoms with Crippen molar-refractivity contribution < 1.29 is 14.4 Å². The normalized spacial score (nSPS) is 13.2. The van der Waals surface area contributed by atoms with Gasteiger partial charge in [0.05, 0.1) is 16.1 Å². The van der Waals surface area contributed by atoms with Gasteiger partial charge < -0.3 is 4.90 Å². The van der Waals surface area contributed by atoms with Gasteiger partial charge >= 0.3 is 0 Å². The summed E-state index contributed by atoms with van der Waals surface area (Å²) in [6.45, 7) is 0.107. The molecule has 0 radical (unpaired) electrons. The fourth-order valence-electron chi connectivity index (χ4n) is 2.64. The van der Waals surface area contributed by atoms with Crippen LogP contribution < -0.4 is 0 Å². The molecule has 0 N–H and O–H groups in total. The number of hydrogen-bond donors (Lipinski definition) is 0. The Morgan fingerprint density at radius 1 is 1.04 bits per heavy atom. The van der Waals surface area contributed by atoms with E-state index in [9.17, 15) is 14.4 Å². The van der Waals surface area contributed by atoms with Crippen LogP contribution in [0.25, 0.3) is 0 Å².